The van der Waals surface area contributed by atoms with Gasteiger partial charge in [-0.3, -0.25) is 14.4 Å². The fourth-order valence-electron chi connectivity index (χ4n) is 2.80. The SMILES string of the molecule is Cl.O=C(Nc1cccc(N2CCCS2(=O)=O)c1)C1CC(F)(F)CN1. The average Bonchev–Trinajstić information content (AvgIpc) is 3.01. The lowest BCUT2D eigenvalue weighted by atomic mass is 10.1. The summed E-state index contributed by atoms with van der Waals surface area (Å²) in [6.45, 7) is -0.118. The number of amides is 1. The Labute approximate surface area is 145 Å². The molecule has 1 aromatic rings. The van der Waals surface area contributed by atoms with Gasteiger partial charge in [-0.15, -0.1) is 12.4 Å². The second kappa shape index (κ2) is 6.81. The molecule has 2 heterocycles. The van der Waals surface area contributed by atoms with Gasteiger partial charge in [-0.25, -0.2) is 17.2 Å². The molecule has 0 aromatic heterocycles. The van der Waals surface area contributed by atoms with Gasteiger partial charge in [0.2, 0.25) is 15.9 Å². The van der Waals surface area contributed by atoms with E-state index in [0.717, 1.165) is 0 Å². The summed E-state index contributed by atoms with van der Waals surface area (Å²) in [7, 11) is -3.31. The van der Waals surface area contributed by atoms with Crippen molar-refractivity contribution < 1.29 is 22.0 Å². The van der Waals surface area contributed by atoms with E-state index in [1.54, 1.807) is 18.2 Å². The topological polar surface area (TPSA) is 78.5 Å². The Kier molecular flexibility index (Phi) is 5.36. The molecule has 0 bridgehead atoms. The molecule has 2 N–H and O–H groups in total. The van der Waals surface area contributed by atoms with E-state index in [1.165, 1.54) is 10.4 Å². The number of rotatable bonds is 3. The molecule has 0 radical (unpaired) electrons. The quantitative estimate of drug-likeness (QED) is 0.833. The molecule has 1 aromatic carbocycles. The zero-order chi connectivity index (χ0) is 16.7. The number of carbonyl (C=O) groups excluding carboxylic acids is 1. The van der Waals surface area contributed by atoms with Crippen LogP contribution in [0.3, 0.4) is 0 Å². The number of halogens is 3. The van der Waals surface area contributed by atoms with E-state index < -0.39 is 40.9 Å². The van der Waals surface area contributed by atoms with Crippen molar-refractivity contribution in [2.24, 2.45) is 0 Å². The van der Waals surface area contributed by atoms with Crippen LogP contribution in [0.1, 0.15) is 12.8 Å². The van der Waals surface area contributed by atoms with E-state index in [-0.39, 0.29) is 18.2 Å². The van der Waals surface area contributed by atoms with Crippen molar-refractivity contribution in [3.8, 4) is 0 Å². The average molecular weight is 382 g/mol. The van der Waals surface area contributed by atoms with Crippen LogP contribution in [0, 0.1) is 0 Å². The van der Waals surface area contributed by atoms with Gasteiger partial charge in [-0.05, 0) is 24.6 Å². The number of nitrogens with zero attached hydrogens (tertiary/aromatic N) is 1. The molecule has 0 saturated carbocycles. The fourth-order valence-corrected chi connectivity index (χ4v) is 4.35. The highest BCUT2D eigenvalue weighted by Crippen LogP contribution is 2.28. The maximum absolute atomic E-state index is 13.1. The maximum atomic E-state index is 13.1. The van der Waals surface area contributed by atoms with Crippen molar-refractivity contribution in [2.75, 3.05) is 28.5 Å². The second-order valence-electron chi connectivity index (χ2n) is 5.77. The molecule has 2 aliphatic heterocycles. The highest BCUT2D eigenvalue weighted by Gasteiger charge is 2.42. The number of anilines is 2. The number of nitrogens with one attached hydrogen (secondary N) is 2. The zero-order valence-electron chi connectivity index (χ0n) is 12.7. The first kappa shape index (κ1) is 18.9. The van der Waals surface area contributed by atoms with Crippen LogP contribution < -0.4 is 14.9 Å². The summed E-state index contributed by atoms with van der Waals surface area (Å²) >= 11 is 0. The van der Waals surface area contributed by atoms with Gasteiger partial charge >= 0.3 is 0 Å². The van der Waals surface area contributed by atoms with E-state index in [1.807, 2.05) is 0 Å². The Morgan fingerprint density at radius 1 is 1.38 bits per heavy atom. The van der Waals surface area contributed by atoms with Crippen LogP contribution in [0.2, 0.25) is 0 Å². The zero-order valence-corrected chi connectivity index (χ0v) is 14.3. The van der Waals surface area contributed by atoms with Gasteiger partial charge < -0.3 is 5.32 Å². The summed E-state index contributed by atoms with van der Waals surface area (Å²) in [4.78, 5) is 12.0. The Bertz CT molecular complexity index is 730. The van der Waals surface area contributed by atoms with Crippen LogP contribution in [0.4, 0.5) is 20.2 Å². The number of hydrogen-bond donors (Lipinski definition) is 2. The minimum atomic E-state index is -3.31. The first-order valence-electron chi connectivity index (χ1n) is 7.29. The Balaban J connectivity index is 0.00000208. The highest BCUT2D eigenvalue weighted by atomic mass is 35.5. The maximum Gasteiger partial charge on any atom is 0.262 e. The third-order valence-electron chi connectivity index (χ3n) is 3.93. The predicted molar refractivity (Wildman–Crippen MR) is 89.4 cm³/mol. The van der Waals surface area contributed by atoms with Gasteiger partial charge in [0.05, 0.1) is 24.0 Å². The number of sulfonamides is 1. The minimum Gasteiger partial charge on any atom is -0.325 e. The summed E-state index contributed by atoms with van der Waals surface area (Å²) in [5.41, 5.74) is 0.844. The molecule has 10 heteroatoms. The fraction of sp³-hybridized carbons (Fsp3) is 0.500. The molecule has 1 amide bonds. The van der Waals surface area contributed by atoms with Crippen LogP contribution in [0.15, 0.2) is 24.3 Å². The smallest absolute Gasteiger partial charge is 0.262 e. The van der Waals surface area contributed by atoms with Crippen LogP contribution in [0.5, 0.6) is 0 Å². The molecule has 0 aliphatic carbocycles. The molecule has 0 spiro atoms. The second-order valence-corrected chi connectivity index (χ2v) is 7.79. The summed E-state index contributed by atoms with van der Waals surface area (Å²) in [5.74, 6) is -3.33. The Morgan fingerprint density at radius 3 is 2.71 bits per heavy atom. The molecule has 134 valence electrons. The molecule has 3 rings (SSSR count). The number of hydrogen-bond acceptors (Lipinski definition) is 4. The van der Waals surface area contributed by atoms with Crippen molar-refractivity contribution in [3.05, 3.63) is 24.3 Å². The van der Waals surface area contributed by atoms with Gasteiger partial charge in [0.1, 0.15) is 0 Å². The number of benzene rings is 1. The van der Waals surface area contributed by atoms with E-state index in [0.29, 0.717) is 24.3 Å². The molecule has 2 saturated heterocycles. The molecular weight excluding hydrogens is 364 g/mol. The highest BCUT2D eigenvalue weighted by molar-refractivity contribution is 7.93. The van der Waals surface area contributed by atoms with Crippen LogP contribution >= 0.6 is 12.4 Å². The molecule has 6 nitrogen and oxygen atoms in total. The lowest BCUT2D eigenvalue weighted by molar-refractivity contribution is -0.118. The van der Waals surface area contributed by atoms with Gasteiger partial charge in [0, 0.05) is 18.7 Å². The molecule has 24 heavy (non-hydrogen) atoms. The third-order valence-corrected chi connectivity index (χ3v) is 5.80. The number of alkyl halides is 2. The van der Waals surface area contributed by atoms with Crippen LogP contribution in [-0.4, -0.2) is 45.1 Å². The minimum absolute atomic E-state index is 0. The van der Waals surface area contributed by atoms with Gasteiger partial charge in [-0.2, -0.15) is 0 Å². The molecule has 1 atom stereocenters. The molecule has 1 unspecified atom stereocenters. The van der Waals surface area contributed by atoms with Crippen molar-refractivity contribution >= 4 is 39.7 Å². The Morgan fingerprint density at radius 2 is 2.12 bits per heavy atom. The normalized spacial score (nSPS) is 24.4. The van der Waals surface area contributed by atoms with Crippen molar-refractivity contribution in [2.45, 2.75) is 24.8 Å². The van der Waals surface area contributed by atoms with Crippen molar-refractivity contribution in [1.29, 1.82) is 0 Å². The molecule has 2 aliphatic rings. The van der Waals surface area contributed by atoms with Crippen molar-refractivity contribution in [3.63, 3.8) is 0 Å². The summed E-state index contributed by atoms with van der Waals surface area (Å²) in [5, 5.41) is 5.04. The monoisotopic (exact) mass is 381 g/mol. The van der Waals surface area contributed by atoms with E-state index in [2.05, 4.69) is 10.6 Å². The number of carbonyl (C=O) groups is 1. The van der Waals surface area contributed by atoms with Crippen molar-refractivity contribution in [1.82, 2.24) is 5.32 Å². The van der Waals surface area contributed by atoms with E-state index in [4.69, 9.17) is 0 Å². The van der Waals surface area contributed by atoms with Gasteiger partial charge in [0.25, 0.3) is 5.92 Å². The predicted octanol–water partition coefficient (Wildman–Crippen LogP) is 1.58. The van der Waals surface area contributed by atoms with Gasteiger partial charge in [0.15, 0.2) is 0 Å². The first-order valence-corrected chi connectivity index (χ1v) is 8.90. The van der Waals surface area contributed by atoms with E-state index >= 15 is 0 Å². The van der Waals surface area contributed by atoms with Crippen LogP contribution in [-0.2, 0) is 14.8 Å². The van der Waals surface area contributed by atoms with Gasteiger partial charge in [-0.1, -0.05) is 6.07 Å². The molecular formula is C14H18ClF2N3O3S. The Hall–Kier alpha value is -1.45. The van der Waals surface area contributed by atoms with E-state index in [9.17, 15) is 22.0 Å². The first-order chi connectivity index (χ1) is 10.8. The lowest BCUT2D eigenvalue weighted by Gasteiger charge is -2.18. The summed E-state index contributed by atoms with van der Waals surface area (Å²) < 4.78 is 51.4. The lowest BCUT2D eigenvalue weighted by Crippen LogP contribution is -2.35. The van der Waals surface area contributed by atoms with Crippen LogP contribution in [0.25, 0.3) is 0 Å². The summed E-state index contributed by atoms with van der Waals surface area (Å²) in [6, 6.07) is 5.44. The largest absolute Gasteiger partial charge is 0.325 e. The third kappa shape index (κ3) is 3.96. The molecule has 2 fully saturated rings. The standard InChI is InChI=1S/C14H17F2N3O3S.ClH/c15-14(16)8-12(17-9-14)13(20)18-10-3-1-4-11(7-10)19-5-2-6-23(19,21)22;/h1,3-4,7,12,17H,2,5-6,8-9H2,(H,18,20);1H. The summed E-state index contributed by atoms with van der Waals surface area (Å²) in [6.07, 6.45) is 0.0129.